The van der Waals surface area contributed by atoms with Gasteiger partial charge in [0.15, 0.2) is 0 Å². The van der Waals surface area contributed by atoms with Gasteiger partial charge in [0.1, 0.15) is 17.5 Å². The summed E-state index contributed by atoms with van der Waals surface area (Å²) in [5, 5.41) is 6.85. The van der Waals surface area contributed by atoms with Crippen molar-refractivity contribution >= 4 is 11.6 Å². The van der Waals surface area contributed by atoms with E-state index in [1.54, 1.807) is 0 Å². The predicted molar refractivity (Wildman–Crippen MR) is 89.8 cm³/mol. The third-order valence-corrected chi connectivity index (χ3v) is 4.44. The van der Waals surface area contributed by atoms with Crippen molar-refractivity contribution < 1.29 is 0 Å². The Hall–Kier alpha value is -1.32. The molecule has 1 fully saturated rings. The molecule has 21 heavy (non-hydrogen) atoms. The van der Waals surface area contributed by atoms with Crippen LogP contribution >= 0.6 is 0 Å². The van der Waals surface area contributed by atoms with E-state index in [0.29, 0.717) is 0 Å². The molecule has 0 bridgehead atoms. The zero-order valence-corrected chi connectivity index (χ0v) is 13.8. The van der Waals surface area contributed by atoms with Gasteiger partial charge in [-0.1, -0.05) is 33.1 Å². The van der Waals surface area contributed by atoms with Gasteiger partial charge in [-0.15, -0.1) is 0 Å². The van der Waals surface area contributed by atoms with Gasteiger partial charge in [-0.25, -0.2) is 9.97 Å². The zero-order valence-electron chi connectivity index (χ0n) is 13.8. The first kappa shape index (κ1) is 16.1. The number of aryl methyl sites for hydroxylation is 1. The van der Waals surface area contributed by atoms with E-state index in [1.807, 2.05) is 6.07 Å². The number of nitrogens with one attached hydrogen (secondary N) is 2. The molecule has 4 heteroatoms. The van der Waals surface area contributed by atoms with E-state index >= 15 is 0 Å². The molecule has 1 aliphatic rings. The fourth-order valence-corrected chi connectivity index (χ4v) is 3.13. The highest BCUT2D eigenvalue weighted by Gasteiger charge is 2.21. The maximum atomic E-state index is 4.65. The van der Waals surface area contributed by atoms with Crippen molar-refractivity contribution in [3.05, 3.63) is 11.9 Å². The van der Waals surface area contributed by atoms with Crippen molar-refractivity contribution in [1.29, 1.82) is 0 Å². The topological polar surface area (TPSA) is 49.8 Å². The summed E-state index contributed by atoms with van der Waals surface area (Å²) in [6.07, 6.45) is 7.52. The molecular weight excluding hydrogens is 260 g/mol. The van der Waals surface area contributed by atoms with E-state index in [0.717, 1.165) is 55.2 Å². The molecule has 118 valence electrons. The second-order valence-corrected chi connectivity index (χ2v) is 6.24. The average molecular weight is 290 g/mol. The first-order chi connectivity index (χ1) is 10.2. The number of anilines is 2. The summed E-state index contributed by atoms with van der Waals surface area (Å²) in [4.78, 5) is 9.21. The summed E-state index contributed by atoms with van der Waals surface area (Å²) in [6, 6.07) is 2.04. The Morgan fingerprint density at radius 3 is 2.48 bits per heavy atom. The minimum atomic E-state index is 0.783. The Morgan fingerprint density at radius 2 is 1.81 bits per heavy atom. The first-order valence-corrected chi connectivity index (χ1v) is 8.58. The monoisotopic (exact) mass is 290 g/mol. The lowest BCUT2D eigenvalue weighted by Gasteiger charge is -2.29. The standard InChI is InChI=1S/C17H30N4/c1-4-8-15-20-16(18-5-2)11-17(21-15)19-12-14-10-7-6-9-13(14)3/h11,13-14H,4-10,12H2,1-3H3,(H2,18,19,20,21). The average Bonchev–Trinajstić information content (AvgIpc) is 2.47. The lowest BCUT2D eigenvalue weighted by molar-refractivity contribution is 0.268. The summed E-state index contributed by atoms with van der Waals surface area (Å²) < 4.78 is 0. The fourth-order valence-electron chi connectivity index (χ4n) is 3.13. The van der Waals surface area contributed by atoms with Crippen molar-refractivity contribution in [2.75, 3.05) is 23.7 Å². The number of hydrogen-bond acceptors (Lipinski definition) is 4. The van der Waals surface area contributed by atoms with Crippen LogP contribution < -0.4 is 10.6 Å². The van der Waals surface area contributed by atoms with Crippen LogP contribution in [-0.4, -0.2) is 23.1 Å². The molecule has 1 saturated carbocycles. The first-order valence-electron chi connectivity index (χ1n) is 8.58. The van der Waals surface area contributed by atoms with Gasteiger partial charge >= 0.3 is 0 Å². The molecule has 0 aliphatic heterocycles. The van der Waals surface area contributed by atoms with Crippen LogP contribution in [0.4, 0.5) is 11.6 Å². The molecule has 0 spiro atoms. The van der Waals surface area contributed by atoms with Crippen LogP contribution in [0.5, 0.6) is 0 Å². The van der Waals surface area contributed by atoms with Crippen LogP contribution in [0.25, 0.3) is 0 Å². The quantitative estimate of drug-likeness (QED) is 0.794. The Morgan fingerprint density at radius 1 is 1.10 bits per heavy atom. The largest absolute Gasteiger partial charge is 0.370 e. The van der Waals surface area contributed by atoms with Crippen LogP contribution in [0.1, 0.15) is 58.7 Å². The van der Waals surface area contributed by atoms with Crippen molar-refractivity contribution in [1.82, 2.24) is 9.97 Å². The molecule has 0 saturated heterocycles. The van der Waals surface area contributed by atoms with Crippen LogP contribution in [0.2, 0.25) is 0 Å². The lowest BCUT2D eigenvalue weighted by atomic mass is 9.80. The molecule has 2 N–H and O–H groups in total. The summed E-state index contributed by atoms with van der Waals surface area (Å²) >= 11 is 0. The van der Waals surface area contributed by atoms with E-state index in [4.69, 9.17) is 0 Å². The fraction of sp³-hybridized carbons (Fsp3) is 0.765. The van der Waals surface area contributed by atoms with Crippen LogP contribution in [-0.2, 0) is 6.42 Å². The number of rotatable bonds is 7. The Bertz CT molecular complexity index is 409. The van der Waals surface area contributed by atoms with E-state index in [-0.39, 0.29) is 0 Å². The molecule has 1 aromatic heterocycles. The van der Waals surface area contributed by atoms with E-state index in [2.05, 4.69) is 41.4 Å². The van der Waals surface area contributed by atoms with Crippen LogP contribution in [0.3, 0.4) is 0 Å². The third-order valence-electron chi connectivity index (χ3n) is 4.44. The molecule has 1 aromatic rings. The van der Waals surface area contributed by atoms with E-state index in [9.17, 15) is 0 Å². The Labute approximate surface area is 129 Å². The van der Waals surface area contributed by atoms with E-state index < -0.39 is 0 Å². The smallest absolute Gasteiger partial charge is 0.133 e. The maximum absolute atomic E-state index is 4.65. The van der Waals surface area contributed by atoms with Gasteiger partial charge in [0.25, 0.3) is 0 Å². The van der Waals surface area contributed by atoms with Gasteiger partial charge < -0.3 is 10.6 Å². The normalized spacial score (nSPS) is 22.0. The highest BCUT2D eigenvalue weighted by Crippen LogP contribution is 2.29. The van der Waals surface area contributed by atoms with Gasteiger partial charge in [-0.3, -0.25) is 0 Å². The van der Waals surface area contributed by atoms with Crippen molar-refractivity contribution in [2.45, 2.75) is 59.3 Å². The third kappa shape index (κ3) is 4.87. The summed E-state index contributed by atoms with van der Waals surface area (Å²) in [7, 11) is 0. The van der Waals surface area contributed by atoms with Gasteiger partial charge in [0.2, 0.25) is 0 Å². The molecule has 2 rings (SSSR count). The van der Waals surface area contributed by atoms with Gasteiger partial charge in [-0.05, 0) is 31.6 Å². The van der Waals surface area contributed by atoms with Crippen molar-refractivity contribution in [3.8, 4) is 0 Å². The molecule has 0 amide bonds. The van der Waals surface area contributed by atoms with Gasteiger partial charge in [0, 0.05) is 25.6 Å². The summed E-state index contributed by atoms with van der Waals surface area (Å²) in [5.41, 5.74) is 0. The van der Waals surface area contributed by atoms with Gasteiger partial charge in [0.05, 0.1) is 0 Å². The predicted octanol–water partition coefficient (Wildman–Crippen LogP) is 4.10. The molecule has 1 heterocycles. The molecule has 0 radical (unpaired) electrons. The second-order valence-electron chi connectivity index (χ2n) is 6.24. The summed E-state index contributed by atoms with van der Waals surface area (Å²) in [6.45, 7) is 8.58. The minimum Gasteiger partial charge on any atom is -0.370 e. The number of nitrogens with zero attached hydrogens (tertiary/aromatic N) is 2. The molecule has 1 aliphatic carbocycles. The number of hydrogen-bond donors (Lipinski definition) is 2. The van der Waals surface area contributed by atoms with Crippen LogP contribution in [0, 0.1) is 11.8 Å². The Kier molecular flexibility index (Phi) is 6.27. The molecule has 0 aromatic carbocycles. The molecular formula is C17H30N4. The highest BCUT2D eigenvalue weighted by atomic mass is 15.1. The van der Waals surface area contributed by atoms with E-state index in [1.165, 1.54) is 25.7 Å². The molecule has 2 unspecified atom stereocenters. The molecule has 2 atom stereocenters. The minimum absolute atomic E-state index is 0.783. The SMILES string of the molecule is CCCc1nc(NCC)cc(NCC2CCCCC2C)n1. The second kappa shape index (κ2) is 8.20. The highest BCUT2D eigenvalue weighted by molar-refractivity contribution is 5.47. The Balaban J connectivity index is 2.00. The van der Waals surface area contributed by atoms with Crippen molar-refractivity contribution in [3.63, 3.8) is 0 Å². The lowest BCUT2D eigenvalue weighted by Crippen LogP contribution is -2.24. The molecule has 4 nitrogen and oxygen atoms in total. The maximum Gasteiger partial charge on any atom is 0.133 e. The summed E-state index contributed by atoms with van der Waals surface area (Å²) in [5.74, 6) is 4.47. The number of aromatic nitrogens is 2. The van der Waals surface area contributed by atoms with Gasteiger partial charge in [-0.2, -0.15) is 0 Å². The zero-order chi connectivity index (χ0) is 15.1. The van der Waals surface area contributed by atoms with Crippen molar-refractivity contribution in [2.24, 2.45) is 11.8 Å². The van der Waals surface area contributed by atoms with Crippen LogP contribution in [0.15, 0.2) is 6.07 Å².